The number of likely N-dealkylation sites (tertiary alicyclic amines) is 1. The van der Waals surface area contributed by atoms with Gasteiger partial charge in [0.25, 0.3) is 5.91 Å². The van der Waals surface area contributed by atoms with E-state index in [1.807, 2.05) is 0 Å². The molecule has 1 N–H and O–H groups in total. The lowest BCUT2D eigenvalue weighted by atomic mass is 10.0. The number of piperidine rings is 1. The summed E-state index contributed by atoms with van der Waals surface area (Å²) in [6.07, 6.45) is 4.71. The second kappa shape index (κ2) is 5.29. The van der Waals surface area contributed by atoms with E-state index in [2.05, 4.69) is 10.2 Å². The highest BCUT2D eigenvalue weighted by molar-refractivity contribution is 5.94. The van der Waals surface area contributed by atoms with Gasteiger partial charge in [-0.1, -0.05) is 0 Å². The van der Waals surface area contributed by atoms with Gasteiger partial charge in [0.1, 0.15) is 5.82 Å². The Kier molecular flexibility index (Phi) is 3.51. The lowest BCUT2D eigenvalue weighted by Crippen LogP contribution is -2.45. The van der Waals surface area contributed by atoms with Crippen molar-refractivity contribution in [1.82, 2.24) is 10.2 Å². The van der Waals surface area contributed by atoms with E-state index in [4.69, 9.17) is 0 Å². The van der Waals surface area contributed by atoms with Crippen molar-refractivity contribution in [2.45, 2.75) is 37.8 Å². The summed E-state index contributed by atoms with van der Waals surface area (Å²) >= 11 is 0. The maximum Gasteiger partial charge on any atom is 0.251 e. The molecule has 1 aliphatic heterocycles. The van der Waals surface area contributed by atoms with E-state index in [0.29, 0.717) is 5.56 Å². The molecule has 1 heterocycles. The fourth-order valence-electron chi connectivity index (χ4n) is 2.72. The van der Waals surface area contributed by atoms with Crippen LogP contribution in [0.5, 0.6) is 0 Å². The minimum absolute atomic E-state index is 0.0927. The molecule has 0 atom stereocenters. The smallest absolute Gasteiger partial charge is 0.251 e. The molecular formula is C15H19FN2O. The predicted octanol–water partition coefficient (Wildman–Crippen LogP) is 2.18. The van der Waals surface area contributed by atoms with E-state index < -0.39 is 0 Å². The summed E-state index contributed by atoms with van der Waals surface area (Å²) in [6.45, 7) is 2.16. The molecule has 3 nitrogen and oxygen atoms in total. The van der Waals surface area contributed by atoms with Crippen molar-refractivity contribution in [2.75, 3.05) is 13.1 Å². The topological polar surface area (TPSA) is 32.3 Å². The average Bonchev–Trinajstić information content (AvgIpc) is 3.25. The Morgan fingerprint density at radius 1 is 1.11 bits per heavy atom. The summed E-state index contributed by atoms with van der Waals surface area (Å²) in [4.78, 5) is 14.5. The van der Waals surface area contributed by atoms with Crippen LogP contribution in [0, 0.1) is 5.82 Å². The van der Waals surface area contributed by atoms with E-state index in [1.165, 1.54) is 37.1 Å². The normalized spacial score (nSPS) is 21.3. The lowest BCUT2D eigenvalue weighted by Gasteiger charge is -2.32. The molecule has 1 aromatic rings. The van der Waals surface area contributed by atoms with Crippen LogP contribution in [0.1, 0.15) is 36.0 Å². The van der Waals surface area contributed by atoms with Gasteiger partial charge in [0.15, 0.2) is 0 Å². The van der Waals surface area contributed by atoms with Crippen molar-refractivity contribution in [1.29, 1.82) is 0 Å². The van der Waals surface area contributed by atoms with E-state index in [1.54, 1.807) is 0 Å². The molecule has 19 heavy (non-hydrogen) atoms. The van der Waals surface area contributed by atoms with Crippen molar-refractivity contribution >= 4 is 5.91 Å². The van der Waals surface area contributed by atoms with Gasteiger partial charge in [0.2, 0.25) is 0 Å². The van der Waals surface area contributed by atoms with E-state index >= 15 is 0 Å². The number of halogens is 1. The Morgan fingerprint density at radius 2 is 1.74 bits per heavy atom. The first kappa shape index (κ1) is 12.6. The second-order valence-corrected chi connectivity index (χ2v) is 5.52. The molecule has 1 amide bonds. The summed E-state index contributed by atoms with van der Waals surface area (Å²) in [5, 5.41) is 3.05. The molecule has 1 aliphatic carbocycles. The third-order valence-corrected chi connectivity index (χ3v) is 4.03. The minimum Gasteiger partial charge on any atom is -0.349 e. The molecule has 2 fully saturated rings. The Balaban J connectivity index is 1.51. The van der Waals surface area contributed by atoms with Crippen LogP contribution >= 0.6 is 0 Å². The first-order chi connectivity index (χ1) is 9.22. The number of benzene rings is 1. The molecule has 0 bridgehead atoms. The van der Waals surface area contributed by atoms with E-state index in [9.17, 15) is 9.18 Å². The van der Waals surface area contributed by atoms with Crippen molar-refractivity contribution in [2.24, 2.45) is 0 Å². The highest BCUT2D eigenvalue weighted by Crippen LogP contribution is 2.29. The molecule has 1 saturated heterocycles. The molecule has 1 aromatic carbocycles. The highest BCUT2D eigenvalue weighted by Gasteiger charge is 2.32. The zero-order chi connectivity index (χ0) is 13.2. The third-order valence-electron chi connectivity index (χ3n) is 4.03. The van der Waals surface area contributed by atoms with Crippen molar-refractivity contribution in [3.63, 3.8) is 0 Å². The summed E-state index contributed by atoms with van der Waals surface area (Å²) in [6, 6.07) is 6.78. The first-order valence-electron chi connectivity index (χ1n) is 7.03. The van der Waals surface area contributed by atoms with Crippen LogP contribution in [0.25, 0.3) is 0 Å². The Hall–Kier alpha value is -1.42. The fourth-order valence-corrected chi connectivity index (χ4v) is 2.72. The van der Waals surface area contributed by atoms with Gasteiger partial charge in [-0.3, -0.25) is 4.79 Å². The lowest BCUT2D eigenvalue weighted by molar-refractivity contribution is 0.0909. The van der Waals surface area contributed by atoms with Gasteiger partial charge in [-0.2, -0.15) is 0 Å². The zero-order valence-corrected chi connectivity index (χ0v) is 10.9. The number of nitrogens with zero attached hydrogens (tertiary/aromatic N) is 1. The van der Waals surface area contributed by atoms with Crippen LogP contribution in [0.2, 0.25) is 0 Å². The van der Waals surface area contributed by atoms with Gasteiger partial charge in [-0.25, -0.2) is 4.39 Å². The van der Waals surface area contributed by atoms with Crippen molar-refractivity contribution in [3.05, 3.63) is 35.6 Å². The number of hydrogen-bond acceptors (Lipinski definition) is 2. The second-order valence-electron chi connectivity index (χ2n) is 5.52. The minimum atomic E-state index is -0.311. The molecule has 0 unspecified atom stereocenters. The quantitative estimate of drug-likeness (QED) is 0.905. The molecule has 4 heteroatoms. The largest absolute Gasteiger partial charge is 0.349 e. The average molecular weight is 262 g/mol. The summed E-state index contributed by atoms with van der Waals surface area (Å²) in [5.74, 6) is -0.404. The van der Waals surface area contributed by atoms with Crippen LogP contribution < -0.4 is 5.32 Å². The fraction of sp³-hybridized carbons (Fsp3) is 0.533. The van der Waals surface area contributed by atoms with Crippen molar-refractivity contribution < 1.29 is 9.18 Å². The first-order valence-corrected chi connectivity index (χ1v) is 7.03. The van der Waals surface area contributed by atoms with Gasteiger partial charge in [0.05, 0.1) is 0 Å². The van der Waals surface area contributed by atoms with Gasteiger partial charge in [0, 0.05) is 30.7 Å². The zero-order valence-electron chi connectivity index (χ0n) is 10.9. The summed E-state index contributed by atoms with van der Waals surface area (Å²) < 4.78 is 12.8. The van der Waals surface area contributed by atoms with Crippen LogP contribution in [-0.4, -0.2) is 36.0 Å². The van der Waals surface area contributed by atoms with E-state index in [0.717, 1.165) is 32.0 Å². The summed E-state index contributed by atoms with van der Waals surface area (Å²) in [7, 11) is 0. The monoisotopic (exact) mass is 262 g/mol. The Bertz CT molecular complexity index is 448. The van der Waals surface area contributed by atoms with Crippen LogP contribution in [0.15, 0.2) is 24.3 Å². The number of nitrogens with one attached hydrogen (secondary N) is 1. The molecule has 102 valence electrons. The van der Waals surface area contributed by atoms with Crippen LogP contribution in [0.3, 0.4) is 0 Å². The molecule has 0 aromatic heterocycles. The summed E-state index contributed by atoms with van der Waals surface area (Å²) in [5.41, 5.74) is 0.533. The van der Waals surface area contributed by atoms with Gasteiger partial charge >= 0.3 is 0 Å². The molecule has 0 spiro atoms. The SMILES string of the molecule is O=C(NC1CCN(C2CC2)CC1)c1ccc(F)cc1. The Morgan fingerprint density at radius 3 is 2.32 bits per heavy atom. The molecule has 1 saturated carbocycles. The highest BCUT2D eigenvalue weighted by atomic mass is 19.1. The number of carbonyl (C=O) groups is 1. The number of carbonyl (C=O) groups excluding carboxylic acids is 1. The molecule has 3 rings (SSSR count). The maximum atomic E-state index is 12.8. The Labute approximate surface area is 112 Å². The third kappa shape index (κ3) is 3.13. The van der Waals surface area contributed by atoms with Gasteiger partial charge in [-0.05, 0) is 49.9 Å². The van der Waals surface area contributed by atoms with Crippen molar-refractivity contribution in [3.8, 4) is 0 Å². The van der Waals surface area contributed by atoms with Crippen LogP contribution in [-0.2, 0) is 0 Å². The number of amides is 1. The molecular weight excluding hydrogens is 243 g/mol. The number of hydrogen-bond donors (Lipinski definition) is 1. The van der Waals surface area contributed by atoms with Crippen LogP contribution in [0.4, 0.5) is 4.39 Å². The predicted molar refractivity (Wildman–Crippen MR) is 71.5 cm³/mol. The van der Waals surface area contributed by atoms with Gasteiger partial charge in [-0.15, -0.1) is 0 Å². The molecule has 2 aliphatic rings. The molecule has 0 radical (unpaired) electrons. The van der Waals surface area contributed by atoms with E-state index in [-0.39, 0.29) is 17.8 Å². The maximum absolute atomic E-state index is 12.8. The number of rotatable bonds is 3. The van der Waals surface area contributed by atoms with Gasteiger partial charge < -0.3 is 10.2 Å². The standard InChI is InChI=1S/C15H19FN2O/c16-12-3-1-11(2-4-12)15(19)17-13-7-9-18(10-8-13)14-5-6-14/h1-4,13-14H,5-10H2,(H,17,19).